The van der Waals surface area contributed by atoms with Crippen LogP contribution in [-0.4, -0.2) is 3.21 Å². The third-order valence-corrected chi connectivity index (χ3v) is 10.2. The Balaban J connectivity index is 0.000000260. The van der Waals surface area contributed by atoms with Gasteiger partial charge < -0.3 is 0 Å². The molecule has 0 atom stereocenters. The zero-order chi connectivity index (χ0) is 30.5. The van der Waals surface area contributed by atoms with Gasteiger partial charge in [0.2, 0.25) is 0 Å². The average molecular weight is 925 g/mol. The Hall–Kier alpha value is -0.847. The fourth-order valence-electron chi connectivity index (χ4n) is 4.77. The van der Waals surface area contributed by atoms with Gasteiger partial charge in [0.05, 0.1) is 0 Å². The van der Waals surface area contributed by atoms with Crippen molar-refractivity contribution >= 4 is 73.2 Å². The van der Waals surface area contributed by atoms with Crippen LogP contribution in [0.15, 0.2) is 97.1 Å². The molecule has 0 aliphatic heterocycles. The molecule has 2 aliphatic rings. The number of hydrogen-bond donors (Lipinski definition) is 0. The van der Waals surface area contributed by atoms with Crippen LogP contribution in [0.2, 0.25) is 0 Å². The van der Waals surface area contributed by atoms with Gasteiger partial charge >= 0.3 is 139 Å². The van der Waals surface area contributed by atoms with Crippen LogP contribution in [-0.2, 0) is 41.5 Å². The summed E-state index contributed by atoms with van der Waals surface area (Å²) in [5.74, 6) is 0. The number of halogens is 4. The van der Waals surface area contributed by atoms with Gasteiger partial charge in [-0.1, -0.05) is 65.3 Å². The molecule has 0 nitrogen and oxygen atoms in total. The zero-order valence-corrected chi connectivity index (χ0v) is 34.6. The second-order valence-corrected chi connectivity index (χ2v) is 16.4. The van der Waals surface area contributed by atoms with E-state index in [1.54, 1.807) is 0 Å². The van der Waals surface area contributed by atoms with Gasteiger partial charge in [-0.25, -0.2) is 12.2 Å². The summed E-state index contributed by atoms with van der Waals surface area (Å²) in [4.78, 5) is 0. The zero-order valence-electron chi connectivity index (χ0n) is 26.2. The molecular formula is C39H40Cl2I2Zr. The van der Waals surface area contributed by atoms with Gasteiger partial charge in [0.1, 0.15) is 0 Å². The molecule has 0 N–H and O–H groups in total. The summed E-state index contributed by atoms with van der Waals surface area (Å²) in [5.41, 5.74) is 11.4. The monoisotopic (exact) mass is 922 g/mol. The molecule has 0 amide bonds. The van der Waals surface area contributed by atoms with Gasteiger partial charge in [-0.3, -0.25) is 6.08 Å². The van der Waals surface area contributed by atoms with Crippen LogP contribution in [0.25, 0.3) is 11.1 Å². The van der Waals surface area contributed by atoms with Crippen molar-refractivity contribution in [2.45, 2.75) is 65.2 Å². The molecule has 0 fully saturated rings. The Morgan fingerprint density at radius 2 is 1.25 bits per heavy atom. The topological polar surface area (TPSA) is 0 Å². The number of rotatable bonds is 2. The van der Waals surface area contributed by atoms with E-state index < -0.39 is 0 Å². The predicted octanol–water partition coefficient (Wildman–Crippen LogP) is 11.8. The van der Waals surface area contributed by atoms with Crippen molar-refractivity contribution in [3.8, 4) is 11.1 Å². The Morgan fingerprint density at radius 1 is 0.705 bits per heavy atom. The van der Waals surface area contributed by atoms with Crippen molar-refractivity contribution in [3.63, 3.8) is 0 Å². The number of allylic oxidation sites excluding steroid dienone is 4. The summed E-state index contributed by atoms with van der Waals surface area (Å²) in [6.07, 6.45) is 11.0. The van der Waals surface area contributed by atoms with E-state index in [-0.39, 0.29) is 35.6 Å². The van der Waals surface area contributed by atoms with Crippen LogP contribution >= 0.6 is 70.0 Å². The first-order chi connectivity index (χ1) is 19.8. The van der Waals surface area contributed by atoms with E-state index in [1.165, 1.54) is 79.1 Å². The molecule has 0 spiro atoms. The van der Waals surface area contributed by atoms with Crippen molar-refractivity contribution in [2.75, 3.05) is 0 Å². The van der Waals surface area contributed by atoms with E-state index in [0.29, 0.717) is 0 Å². The van der Waals surface area contributed by atoms with Crippen molar-refractivity contribution in [2.24, 2.45) is 0 Å². The molecule has 0 radical (unpaired) electrons. The van der Waals surface area contributed by atoms with Crippen molar-refractivity contribution < 1.29 is 24.2 Å². The first-order valence-corrected chi connectivity index (χ1v) is 17.7. The van der Waals surface area contributed by atoms with Crippen molar-refractivity contribution in [1.29, 1.82) is 0 Å². The molecule has 4 aromatic carbocycles. The van der Waals surface area contributed by atoms with Crippen LogP contribution < -0.4 is 0 Å². The summed E-state index contributed by atoms with van der Waals surface area (Å²) in [6.45, 7) is 13.6. The molecule has 0 saturated heterocycles. The molecule has 6 rings (SSSR count). The van der Waals surface area contributed by atoms with Crippen molar-refractivity contribution in [3.05, 3.63) is 150 Å². The third-order valence-electron chi connectivity index (χ3n) is 7.32. The first kappa shape index (κ1) is 39.3. The minimum absolute atomic E-state index is 0. The molecule has 0 saturated carbocycles. The van der Waals surface area contributed by atoms with E-state index in [2.05, 4.69) is 184 Å². The normalized spacial score (nSPS) is 12.4. The average Bonchev–Trinajstić information content (AvgIpc) is 3.64. The summed E-state index contributed by atoms with van der Waals surface area (Å²) >= 11 is 6.13. The van der Waals surface area contributed by atoms with Crippen molar-refractivity contribution in [1.82, 2.24) is 0 Å². The molecule has 5 heteroatoms. The maximum atomic E-state index is 3.67. The number of fused-ring (bicyclic) bond motifs is 3. The molecule has 0 bridgehead atoms. The standard InChI is InChI=1S/C21H25.C13H8I2.C5H5.2ClH.Zr/c1-20(2,3)16-7-9-18-14(12-16)11-15-13-17(21(4,5)6)8-10-19(15)18;14-12-5-1-10(2-6-12)9-11-3-7-13(15)8-4-11;1-2-4-5-3-1;;;/h7-10,12H,11H2,1-6H3;1-8H;1-3H,4H2;2*1H;/q-1;;-1;;;+2. The first-order valence-electron chi connectivity index (χ1n) is 14.3. The summed E-state index contributed by atoms with van der Waals surface area (Å²) in [7, 11) is 0. The Bertz CT molecular complexity index is 1490. The molecular weight excluding hydrogens is 884 g/mol. The fourth-order valence-corrected chi connectivity index (χ4v) is 6.31. The van der Waals surface area contributed by atoms with Crippen LogP contribution in [0.4, 0.5) is 0 Å². The van der Waals surface area contributed by atoms with E-state index in [1.807, 2.05) is 12.2 Å². The summed E-state index contributed by atoms with van der Waals surface area (Å²) < 4.78 is 3.99. The van der Waals surface area contributed by atoms with Crippen LogP contribution in [0.1, 0.15) is 81.3 Å². The van der Waals surface area contributed by atoms with Gasteiger partial charge in [0, 0.05) is 0 Å². The SMILES string of the molecule is CC(C)(C)c1[c-]c2c(cc1)-c1ccc(C(C)(C)C)cc1C2.Cl.Cl.[C-]1=CC=CC1.[Zr+2]=[C](c1ccc(I)cc1)c1ccc(I)cc1. The van der Waals surface area contributed by atoms with E-state index in [4.69, 9.17) is 0 Å². The molecule has 44 heavy (non-hydrogen) atoms. The molecule has 4 aromatic rings. The second kappa shape index (κ2) is 17.3. The van der Waals surface area contributed by atoms with Crippen LogP contribution in [0.5, 0.6) is 0 Å². The van der Waals surface area contributed by atoms with E-state index in [0.717, 1.165) is 12.8 Å². The summed E-state index contributed by atoms with van der Waals surface area (Å²) in [5, 5.41) is 0. The summed E-state index contributed by atoms with van der Waals surface area (Å²) in [6, 6.07) is 32.6. The molecule has 0 aromatic heterocycles. The number of benzene rings is 4. The number of hydrogen-bond acceptors (Lipinski definition) is 0. The fraction of sp³-hybridized carbons (Fsp3) is 0.256. The van der Waals surface area contributed by atoms with Crippen LogP contribution in [0, 0.1) is 19.3 Å². The van der Waals surface area contributed by atoms with Crippen LogP contribution in [0.3, 0.4) is 0 Å². The Morgan fingerprint density at radius 3 is 1.68 bits per heavy atom. The Kier molecular flexibility index (Phi) is 15.5. The van der Waals surface area contributed by atoms with Gasteiger partial charge in [0.15, 0.2) is 0 Å². The molecule has 228 valence electrons. The van der Waals surface area contributed by atoms with Gasteiger partial charge in [-0.2, -0.15) is 29.8 Å². The maximum absolute atomic E-state index is 3.67. The third kappa shape index (κ3) is 10.9. The minimum atomic E-state index is 0. The molecule has 2 aliphatic carbocycles. The van der Waals surface area contributed by atoms with E-state index >= 15 is 0 Å². The Labute approximate surface area is 320 Å². The van der Waals surface area contributed by atoms with Gasteiger partial charge in [-0.15, -0.1) is 42.4 Å². The molecule has 0 heterocycles. The molecule has 0 unspecified atom stereocenters. The quantitative estimate of drug-likeness (QED) is 0.122. The van der Waals surface area contributed by atoms with E-state index in [9.17, 15) is 0 Å². The second-order valence-electron chi connectivity index (χ2n) is 12.7. The van der Waals surface area contributed by atoms with Gasteiger partial charge in [0.25, 0.3) is 0 Å². The van der Waals surface area contributed by atoms with Gasteiger partial charge in [-0.05, 0) is 28.4 Å². The predicted molar refractivity (Wildman–Crippen MR) is 209 cm³/mol.